The van der Waals surface area contributed by atoms with Gasteiger partial charge in [-0.2, -0.15) is 0 Å². The second-order valence-electron chi connectivity index (χ2n) is 7.31. The summed E-state index contributed by atoms with van der Waals surface area (Å²) < 4.78 is 5.35. The van der Waals surface area contributed by atoms with Crippen molar-refractivity contribution < 1.29 is 4.74 Å². The zero-order valence-electron chi connectivity index (χ0n) is 17.4. The molecule has 0 aliphatic heterocycles. The molecule has 0 unspecified atom stereocenters. The molecule has 0 spiro atoms. The van der Waals surface area contributed by atoms with Gasteiger partial charge >= 0.3 is 0 Å². The molecule has 6 nitrogen and oxygen atoms in total. The molecule has 2 N–H and O–H groups in total. The highest BCUT2D eigenvalue weighted by Crippen LogP contribution is 2.29. The van der Waals surface area contributed by atoms with E-state index in [1.54, 1.807) is 13.4 Å². The summed E-state index contributed by atoms with van der Waals surface area (Å²) in [6, 6.07) is 6.00. The Balaban J connectivity index is 1.64. The molecule has 28 heavy (non-hydrogen) atoms. The van der Waals surface area contributed by atoms with Crippen molar-refractivity contribution in [2.75, 3.05) is 38.6 Å². The predicted molar refractivity (Wildman–Crippen MR) is 117 cm³/mol. The molecule has 0 amide bonds. The third kappa shape index (κ3) is 4.93. The minimum absolute atomic E-state index is 0.834. The molecule has 2 heterocycles. The number of methoxy groups -OCH3 is 1. The molecule has 0 saturated heterocycles. The molecular weight excluding hydrogens is 350 g/mol. The van der Waals surface area contributed by atoms with Gasteiger partial charge in [0.15, 0.2) is 5.82 Å². The second kappa shape index (κ2) is 10.3. The smallest absolute Gasteiger partial charge is 0.153 e. The fourth-order valence-electron chi connectivity index (χ4n) is 3.54. The SMILES string of the molecule is CCCCN(CCCC)CCCNc1ncnc2c1[nH]c1ccc(OC)cc12. The fraction of sp³-hybridized carbons (Fsp3) is 0.545. The summed E-state index contributed by atoms with van der Waals surface area (Å²) in [6.07, 6.45) is 7.81. The van der Waals surface area contributed by atoms with E-state index in [1.807, 2.05) is 18.2 Å². The van der Waals surface area contributed by atoms with Crippen LogP contribution in [0.2, 0.25) is 0 Å². The lowest BCUT2D eigenvalue weighted by molar-refractivity contribution is 0.264. The number of anilines is 1. The number of aromatic nitrogens is 3. The molecule has 0 aliphatic rings. The normalized spacial score (nSPS) is 11.6. The summed E-state index contributed by atoms with van der Waals surface area (Å²) in [4.78, 5) is 15.0. The molecule has 0 radical (unpaired) electrons. The van der Waals surface area contributed by atoms with Crippen molar-refractivity contribution in [2.45, 2.75) is 46.0 Å². The number of hydrogen-bond donors (Lipinski definition) is 2. The van der Waals surface area contributed by atoms with Crippen LogP contribution in [-0.4, -0.2) is 53.1 Å². The average Bonchev–Trinajstić information content (AvgIpc) is 3.11. The molecule has 1 aromatic carbocycles. The minimum atomic E-state index is 0.834. The number of hydrogen-bond acceptors (Lipinski definition) is 5. The van der Waals surface area contributed by atoms with Gasteiger partial charge in [0, 0.05) is 17.4 Å². The van der Waals surface area contributed by atoms with Gasteiger partial charge < -0.3 is 19.9 Å². The Morgan fingerprint density at radius 1 is 1.04 bits per heavy atom. The molecule has 6 heteroatoms. The first kappa shape index (κ1) is 20.4. The molecule has 0 aliphatic carbocycles. The van der Waals surface area contributed by atoms with E-state index < -0.39 is 0 Å². The number of unbranched alkanes of at least 4 members (excludes halogenated alkanes) is 2. The van der Waals surface area contributed by atoms with Gasteiger partial charge in [-0.3, -0.25) is 0 Å². The molecule has 3 rings (SSSR count). The fourth-order valence-corrected chi connectivity index (χ4v) is 3.54. The van der Waals surface area contributed by atoms with Crippen molar-refractivity contribution in [1.29, 1.82) is 0 Å². The van der Waals surface area contributed by atoms with Crippen molar-refractivity contribution in [1.82, 2.24) is 19.9 Å². The van der Waals surface area contributed by atoms with Crippen LogP contribution in [-0.2, 0) is 0 Å². The van der Waals surface area contributed by atoms with Crippen molar-refractivity contribution in [3.63, 3.8) is 0 Å². The Kier molecular flexibility index (Phi) is 7.48. The van der Waals surface area contributed by atoms with Crippen LogP contribution in [0, 0.1) is 0 Å². The summed E-state index contributed by atoms with van der Waals surface area (Å²) in [6.45, 7) is 8.96. The van der Waals surface area contributed by atoms with E-state index in [0.29, 0.717) is 0 Å². The van der Waals surface area contributed by atoms with Gasteiger partial charge in [0.1, 0.15) is 23.1 Å². The predicted octanol–water partition coefficient (Wildman–Crippen LogP) is 4.82. The maximum absolute atomic E-state index is 5.35. The largest absolute Gasteiger partial charge is 0.497 e. The Hall–Kier alpha value is -2.34. The molecular formula is C22H33N5O. The van der Waals surface area contributed by atoms with Crippen molar-refractivity contribution >= 4 is 27.8 Å². The number of benzene rings is 1. The zero-order chi connectivity index (χ0) is 19.8. The molecule has 0 saturated carbocycles. The second-order valence-corrected chi connectivity index (χ2v) is 7.31. The van der Waals surface area contributed by atoms with Crippen LogP contribution in [0.3, 0.4) is 0 Å². The Morgan fingerprint density at radius 3 is 2.50 bits per heavy atom. The zero-order valence-corrected chi connectivity index (χ0v) is 17.4. The number of ether oxygens (including phenoxy) is 1. The summed E-state index contributed by atoms with van der Waals surface area (Å²) >= 11 is 0. The molecule has 0 fully saturated rings. The van der Waals surface area contributed by atoms with Crippen LogP contribution < -0.4 is 10.1 Å². The van der Waals surface area contributed by atoms with E-state index in [4.69, 9.17) is 4.74 Å². The van der Waals surface area contributed by atoms with Gasteiger partial charge in [0.05, 0.1) is 7.11 Å². The number of fused-ring (bicyclic) bond motifs is 3. The van der Waals surface area contributed by atoms with Crippen molar-refractivity contribution in [2.24, 2.45) is 0 Å². The molecule has 2 aromatic heterocycles. The van der Waals surface area contributed by atoms with E-state index in [-0.39, 0.29) is 0 Å². The van der Waals surface area contributed by atoms with Crippen molar-refractivity contribution in [3.05, 3.63) is 24.5 Å². The maximum atomic E-state index is 5.35. The summed E-state index contributed by atoms with van der Waals surface area (Å²) in [5, 5.41) is 4.56. The summed E-state index contributed by atoms with van der Waals surface area (Å²) in [5.41, 5.74) is 2.93. The first-order chi connectivity index (χ1) is 13.8. The van der Waals surface area contributed by atoms with Crippen LogP contribution in [0.1, 0.15) is 46.0 Å². The Bertz CT molecular complexity index is 868. The lowest BCUT2D eigenvalue weighted by Gasteiger charge is -2.22. The lowest BCUT2D eigenvalue weighted by atomic mass is 10.2. The molecule has 0 bridgehead atoms. The summed E-state index contributed by atoms with van der Waals surface area (Å²) in [5.74, 6) is 1.70. The van der Waals surface area contributed by atoms with Gasteiger partial charge in [-0.05, 0) is 57.1 Å². The quantitative estimate of drug-likeness (QED) is 0.439. The Morgan fingerprint density at radius 2 is 1.79 bits per heavy atom. The van der Waals surface area contributed by atoms with Gasteiger partial charge in [0.25, 0.3) is 0 Å². The van der Waals surface area contributed by atoms with Crippen molar-refractivity contribution in [3.8, 4) is 5.75 Å². The van der Waals surface area contributed by atoms with E-state index in [9.17, 15) is 0 Å². The van der Waals surface area contributed by atoms with Gasteiger partial charge in [0.2, 0.25) is 0 Å². The highest BCUT2D eigenvalue weighted by Gasteiger charge is 2.11. The van der Waals surface area contributed by atoms with Crippen LogP contribution >= 0.6 is 0 Å². The molecule has 3 aromatic rings. The number of rotatable bonds is 12. The average molecular weight is 384 g/mol. The van der Waals surface area contributed by atoms with Gasteiger partial charge in [-0.25, -0.2) is 9.97 Å². The van der Waals surface area contributed by atoms with E-state index in [2.05, 4.69) is 39.0 Å². The minimum Gasteiger partial charge on any atom is -0.497 e. The number of nitrogens with one attached hydrogen (secondary N) is 2. The monoisotopic (exact) mass is 383 g/mol. The number of nitrogens with zero attached hydrogens (tertiary/aromatic N) is 3. The van der Waals surface area contributed by atoms with Crippen LogP contribution in [0.5, 0.6) is 5.75 Å². The van der Waals surface area contributed by atoms with E-state index in [1.165, 1.54) is 38.8 Å². The third-order valence-corrected chi connectivity index (χ3v) is 5.19. The highest BCUT2D eigenvalue weighted by atomic mass is 16.5. The Labute approximate surface area is 167 Å². The number of H-pyrrole nitrogens is 1. The lowest BCUT2D eigenvalue weighted by Crippen LogP contribution is -2.28. The topological polar surface area (TPSA) is 66.1 Å². The third-order valence-electron chi connectivity index (χ3n) is 5.19. The van der Waals surface area contributed by atoms with Gasteiger partial charge in [-0.1, -0.05) is 26.7 Å². The van der Waals surface area contributed by atoms with Crippen LogP contribution in [0.4, 0.5) is 5.82 Å². The number of aromatic amines is 1. The maximum Gasteiger partial charge on any atom is 0.153 e. The van der Waals surface area contributed by atoms with E-state index >= 15 is 0 Å². The molecule has 0 atom stereocenters. The molecule has 152 valence electrons. The standard InChI is InChI=1S/C22H33N5O/c1-4-6-12-27(13-7-5-2)14-8-11-23-22-21-20(24-16-25-22)18-15-17(28-3)9-10-19(18)26-21/h9-10,15-16,26H,4-8,11-14H2,1-3H3,(H,23,24,25). The van der Waals surface area contributed by atoms with Crippen LogP contribution in [0.15, 0.2) is 24.5 Å². The van der Waals surface area contributed by atoms with Crippen LogP contribution in [0.25, 0.3) is 21.9 Å². The van der Waals surface area contributed by atoms with E-state index in [0.717, 1.165) is 53.0 Å². The first-order valence-electron chi connectivity index (χ1n) is 10.5. The summed E-state index contributed by atoms with van der Waals surface area (Å²) in [7, 11) is 1.68. The highest BCUT2D eigenvalue weighted by molar-refractivity contribution is 6.08. The van der Waals surface area contributed by atoms with Gasteiger partial charge in [-0.15, -0.1) is 0 Å². The first-order valence-corrected chi connectivity index (χ1v) is 10.5.